The first kappa shape index (κ1) is 16.3. The van der Waals surface area contributed by atoms with E-state index in [9.17, 15) is 0 Å². The fourth-order valence-corrected chi connectivity index (χ4v) is 4.18. The van der Waals surface area contributed by atoms with Gasteiger partial charge in [-0.3, -0.25) is 14.0 Å². The molecule has 0 saturated heterocycles. The maximum absolute atomic E-state index is 4.43. The summed E-state index contributed by atoms with van der Waals surface area (Å²) in [5.41, 5.74) is 2.51. The molecule has 128 valence electrons. The molecule has 0 atom stereocenters. The zero-order valence-corrected chi connectivity index (χ0v) is 15.6. The van der Waals surface area contributed by atoms with Crippen LogP contribution >= 0.6 is 22.7 Å². The van der Waals surface area contributed by atoms with Crippen molar-refractivity contribution in [3.63, 3.8) is 0 Å². The summed E-state index contributed by atoms with van der Waals surface area (Å²) in [5, 5.41) is 6.05. The van der Waals surface area contributed by atoms with Gasteiger partial charge in [-0.05, 0) is 30.8 Å². The summed E-state index contributed by atoms with van der Waals surface area (Å²) in [7, 11) is 0. The van der Waals surface area contributed by atoms with Crippen molar-refractivity contribution in [1.82, 2.24) is 24.0 Å². The van der Waals surface area contributed by atoms with Gasteiger partial charge < -0.3 is 0 Å². The quantitative estimate of drug-likeness (QED) is 0.490. The number of hydrogen-bond donors (Lipinski definition) is 0. The van der Waals surface area contributed by atoms with E-state index in [0.717, 1.165) is 29.9 Å². The lowest BCUT2D eigenvalue weighted by atomic mass is 10.3. The van der Waals surface area contributed by atoms with Gasteiger partial charge in [0.1, 0.15) is 0 Å². The van der Waals surface area contributed by atoms with Crippen LogP contribution in [0.3, 0.4) is 0 Å². The second-order valence-electron chi connectivity index (χ2n) is 5.67. The Bertz CT molecular complexity index is 831. The third-order valence-corrected chi connectivity index (χ3v) is 5.68. The second-order valence-corrected chi connectivity index (χ2v) is 7.42. The first-order valence-corrected chi connectivity index (χ1v) is 9.95. The van der Waals surface area contributed by atoms with E-state index in [-0.39, 0.29) is 0 Å². The largest absolute Gasteiger partial charge is 0.296 e. The van der Waals surface area contributed by atoms with Gasteiger partial charge in [0.25, 0.3) is 0 Å². The molecule has 5 nitrogen and oxygen atoms in total. The summed E-state index contributed by atoms with van der Waals surface area (Å²) >= 11 is 3.32. The predicted octanol–water partition coefficient (Wildman–Crippen LogP) is 4.20. The van der Waals surface area contributed by atoms with E-state index in [4.69, 9.17) is 0 Å². The van der Waals surface area contributed by atoms with Crippen molar-refractivity contribution in [3.05, 3.63) is 71.2 Å². The van der Waals surface area contributed by atoms with Gasteiger partial charge in [0.15, 0.2) is 10.3 Å². The molecule has 0 N–H and O–H groups in total. The third-order valence-electron chi connectivity index (χ3n) is 4.14. The molecule has 0 aromatic carbocycles. The fourth-order valence-electron chi connectivity index (χ4n) is 2.87. The van der Waals surface area contributed by atoms with E-state index in [1.807, 2.05) is 23.2 Å². The molecule has 4 aromatic rings. The third kappa shape index (κ3) is 3.44. The molecule has 0 aliphatic heterocycles. The number of hydrogen-bond acceptors (Lipinski definition) is 5. The van der Waals surface area contributed by atoms with Gasteiger partial charge in [-0.15, -0.1) is 22.7 Å². The summed E-state index contributed by atoms with van der Waals surface area (Å²) in [5.74, 6) is 0. The average Bonchev–Trinajstić information content (AvgIpc) is 3.39. The highest BCUT2D eigenvalue weighted by Crippen LogP contribution is 2.20. The van der Waals surface area contributed by atoms with Crippen LogP contribution in [0.1, 0.15) is 18.3 Å². The molecule has 25 heavy (non-hydrogen) atoms. The first-order valence-electron chi connectivity index (χ1n) is 8.19. The van der Waals surface area contributed by atoms with Crippen molar-refractivity contribution in [2.45, 2.75) is 20.0 Å². The summed E-state index contributed by atoms with van der Waals surface area (Å²) in [6.07, 6.45) is 7.87. The number of aromatic nitrogens is 4. The Hall–Kier alpha value is -2.22. The molecule has 4 heterocycles. The maximum atomic E-state index is 4.43. The monoisotopic (exact) mass is 369 g/mol. The highest BCUT2D eigenvalue weighted by atomic mass is 32.1. The lowest BCUT2D eigenvalue weighted by Crippen LogP contribution is -2.24. The van der Waals surface area contributed by atoms with Crippen molar-refractivity contribution in [1.29, 1.82) is 0 Å². The molecule has 0 amide bonds. The molecule has 0 aliphatic rings. The van der Waals surface area contributed by atoms with Gasteiger partial charge in [-0.1, -0.05) is 6.92 Å². The number of rotatable bonds is 7. The van der Waals surface area contributed by atoms with Crippen LogP contribution in [0.15, 0.2) is 59.8 Å². The van der Waals surface area contributed by atoms with E-state index >= 15 is 0 Å². The Labute approximate surface area is 154 Å². The first-order chi connectivity index (χ1) is 12.3. The van der Waals surface area contributed by atoms with Crippen LogP contribution in [-0.2, 0) is 13.1 Å². The lowest BCUT2D eigenvalue weighted by molar-refractivity contribution is 0.262. The minimum atomic E-state index is 0.881. The van der Waals surface area contributed by atoms with Crippen LogP contribution in [0.5, 0.6) is 0 Å². The molecule has 4 rings (SSSR count). The van der Waals surface area contributed by atoms with Crippen LogP contribution in [-0.4, -0.2) is 30.5 Å². The normalized spacial score (nSPS) is 11.4. The highest BCUT2D eigenvalue weighted by Gasteiger charge is 2.13. The molecule has 0 fully saturated rings. The maximum Gasteiger partial charge on any atom is 0.193 e. The van der Waals surface area contributed by atoms with Gasteiger partial charge in [-0.2, -0.15) is 0 Å². The highest BCUT2D eigenvalue weighted by molar-refractivity contribution is 7.12. The van der Waals surface area contributed by atoms with Crippen LogP contribution in [0.25, 0.3) is 10.3 Å². The number of nitrogens with zero attached hydrogens (tertiary/aromatic N) is 5. The Morgan fingerprint density at radius 1 is 0.880 bits per heavy atom. The predicted molar refractivity (Wildman–Crippen MR) is 103 cm³/mol. The van der Waals surface area contributed by atoms with E-state index in [2.05, 4.69) is 67.6 Å². The van der Waals surface area contributed by atoms with Crippen molar-refractivity contribution in [2.75, 3.05) is 6.54 Å². The van der Waals surface area contributed by atoms with Crippen LogP contribution in [0.4, 0.5) is 0 Å². The average molecular weight is 370 g/mol. The zero-order chi connectivity index (χ0) is 17.1. The van der Waals surface area contributed by atoms with Gasteiger partial charge in [0, 0.05) is 60.0 Å². The zero-order valence-electron chi connectivity index (χ0n) is 13.9. The van der Waals surface area contributed by atoms with Crippen molar-refractivity contribution < 1.29 is 0 Å². The van der Waals surface area contributed by atoms with E-state index in [1.54, 1.807) is 22.7 Å². The lowest BCUT2D eigenvalue weighted by Gasteiger charge is -2.21. The summed E-state index contributed by atoms with van der Waals surface area (Å²) in [6.45, 7) is 4.94. The second kappa shape index (κ2) is 7.35. The molecule has 4 aromatic heterocycles. The molecule has 0 radical (unpaired) electrons. The molecule has 0 spiro atoms. The van der Waals surface area contributed by atoms with Crippen molar-refractivity contribution in [3.8, 4) is 10.3 Å². The summed E-state index contributed by atoms with van der Waals surface area (Å²) in [6, 6.07) is 8.51. The minimum Gasteiger partial charge on any atom is -0.296 e. The number of thiazole rings is 2. The Morgan fingerprint density at radius 2 is 1.40 bits per heavy atom. The molecule has 0 bridgehead atoms. The molecule has 0 saturated carbocycles. The van der Waals surface area contributed by atoms with Crippen LogP contribution < -0.4 is 0 Å². The van der Waals surface area contributed by atoms with Crippen molar-refractivity contribution >= 4 is 22.7 Å². The van der Waals surface area contributed by atoms with Gasteiger partial charge in [-0.25, -0.2) is 9.97 Å². The van der Waals surface area contributed by atoms with E-state index < -0.39 is 0 Å². The summed E-state index contributed by atoms with van der Waals surface area (Å²) in [4.78, 5) is 11.3. The van der Waals surface area contributed by atoms with Gasteiger partial charge >= 0.3 is 0 Å². The minimum absolute atomic E-state index is 0.881. The fraction of sp³-hybridized carbons (Fsp3) is 0.222. The summed E-state index contributed by atoms with van der Waals surface area (Å²) < 4.78 is 4.35. The van der Waals surface area contributed by atoms with Crippen LogP contribution in [0, 0.1) is 0 Å². The SMILES string of the molecule is CCN(Cc1cccn1-c1nccs1)Cc1cccn1-c1nccs1. The Morgan fingerprint density at radius 3 is 1.80 bits per heavy atom. The van der Waals surface area contributed by atoms with Crippen molar-refractivity contribution in [2.24, 2.45) is 0 Å². The topological polar surface area (TPSA) is 38.9 Å². The van der Waals surface area contributed by atoms with Gasteiger partial charge in [0.2, 0.25) is 0 Å². The molecule has 7 heteroatoms. The van der Waals surface area contributed by atoms with E-state index in [1.165, 1.54) is 11.4 Å². The molecular weight excluding hydrogens is 350 g/mol. The van der Waals surface area contributed by atoms with E-state index in [0.29, 0.717) is 0 Å². The molecule has 0 aliphatic carbocycles. The molecular formula is C18H19N5S2. The standard InChI is InChI=1S/C18H19N5S2/c1-2-21(13-15-5-3-9-22(15)17-19-7-11-24-17)14-16-6-4-10-23(16)18-20-8-12-25-18/h3-12H,2,13-14H2,1H3. The molecule has 0 unspecified atom stereocenters. The smallest absolute Gasteiger partial charge is 0.193 e. The van der Waals surface area contributed by atoms with Gasteiger partial charge in [0.05, 0.1) is 0 Å². The van der Waals surface area contributed by atoms with Crippen LogP contribution in [0.2, 0.25) is 0 Å². The Balaban J connectivity index is 1.53. The Kier molecular flexibility index (Phi) is 4.78.